The third-order valence-electron chi connectivity index (χ3n) is 5.18. The number of likely N-dealkylation sites (tertiary alicyclic amines) is 1. The van der Waals surface area contributed by atoms with Gasteiger partial charge in [0.05, 0.1) is 10.6 Å². The van der Waals surface area contributed by atoms with Crippen molar-refractivity contribution in [2.45, 2.75) is 25.7 Å². The Morgan fingerprint density at radius 1 is 1.25 bits per heavy atom. The van der Waals surface area contributed by atoms with Gasteiger partial charge in [0.2, 0.25) is 0 Å². The van der Waals surface area contributed by atoms with Crippen molar-refractivity contribution in [1.82, 2.24) is 15.5 Å². The van der Waals surface area contributed by atoms with Crippen LogP contribution in [0.5, 0.6) is 0 Å². The number of halogens is 1. The molecular formula is C18H25ClN4O. The lowest BCUT2D eigenvalue weighted by Gasteiger charge is -2.38. The molecule has 2 N–H and O–H groups in total. The van der Waals surface area contributed by atoms with Crippen molar-refractivity contribution >= 4 is 23.5 Å². The van der Waals surface area contributed by atoms with Gasteiger partial charge in [0.1, 0.15) is 0 Å². The summed E-state index contributed by atoms with van der Waals surface area (Å²) in [4.78, 5) is 18.8. The Morgan fingerprint density at radius 3 is 2.62 bits per heavy atom. The van der Waals surface area contributed by atoms with Gasteiger partial charge in [-0.1, -0.05) is 30.2 Å². The van der Waals surface area contributed by atoms with Crippen LogP contribution in [0.25, 0.3) is 0 Å². The summed E-state index contributed by atoms with van der Waals surface area (Å²) in [5.41, 5.74) is 1.06. The van der Waals surface area contributed by atoms with Crippen LogP contribution < -0.4 is 10.6 Å². The third kappa shape index (κ3) is 3.66. The maximum Gasteiger partial charge on any atom is 0.252 e. The first-order valence-corrected chi connectivity index (χ1v) is 9.00. The van der Waals surface area contributed by atoms with Crippen molar-refractivity contribution < 1.29 is 4.79 Å². The highest BCUT2D eigenvalue weighted by Crippen LogP contribution is 2.47. The van der Waals surface area contributed by atoms with Crippen molar-refractivity contribution in [3.05, 3.63) is 34.9 Å². The van der Waals surface area contributed by atoms with Crippen LogP contribution in [0, 0.1) is 5.41 Å². The fourth-order valence-electron chi connectivity index (χ4n) is 3.62. The average molecular weight is 349 g/mol. The number of amides is 1. The fourth-order valence-corrected chi connectivity index (χ4v) is 3.85. The van der Waals surface area contributed by atoms with Gasteiger partial charge in [0.25, 0.3) is 5.91 Å². The van der Waals surface area contributed by atoms with Crippen molar-refractivity contribution in [3.8, 4) is 0 Å². The molecule has 0 bridgehead atoms. The molecule has 0 atom stereocenters. The molecule has 0 aromatic heterocycles. The van der Waals surface area contributed by atoms with Gasteiger partial charge in [-0.05, 0) is 36.8 Å². The zero-order valence-corrected chi connectivity index (χ0v) is 14.9. The summed E-state index contributed by atoms with van der Waals surface area (Å²) in [6.07, 6.45) is 5.35. The lowest BCUT2D eigenvalue weighted by Crippen LogP contribution is -2.44. The number of hydrogen-bond donors (Lipinski definition) is 2. The minimum Gasteiger partial charge on any atom is -0.354 e. The van der Waals surface area contributed by atoms with E-state index in [0.717, 1.165) is 19.0 Å². The van der Waals surface area contributed by atoms with Crippen LogP contribution in [-0.4, -0.2) is 50.0 Å². The smallest absolute Gasteiger partial charge is 0.252 e. The number of benzene rings is 1. The van der Waals surface area contributed by atoms with E-state index in [1.54, 1.807) is 12.1 Å². The molecule has 2 fully saturated rings. The minimum absolute atomic E-state index is 0.146. The summed E-state index contributed by atoms with van der Waals surface area (Å²) < 4.78 is 0. The van der Waals surface area contributed by atoms with E-state index in [1.165, 1.54) is 25.7 Å². The molecule has 1 heterocycles. The van der Waals surface area contributed by atoms with Gasteiger partial charge in [-0.25, -0.2) is 0 Å². The minimum atomic E-state index is -0.146. The molecule has 1 saturated heterocycles. The first-order chi connectivity index (χ1) is 11.6. The van der Waals surface area contributed by atoms with Gasteiger partial charge in [0, 0.05) is 33.2 Å². The first kappa shape index (κ1) is 17.1. The van der Waals surface area contributed by atoms with Crippen LogP contribution >= 0.6 is 11.6 Å². The molecule has 1 spiro atoms. The standard InChI is InChI=1S/C18H25ClN4O/c1-20-17(23-12-9-18(13-23)7-4-8-18)22-11-10-21-16(24)14-5-2-3-6-15(14)19/h2-3,5-6H,4,7-13H2,1H3,(H,20,22)(H,21,24). The Balaban J connectivity index is 1.42. The van der Waals surface area contributed by atoms with Crippen LogP contribution in [0.3, 0.4) is 0 Å². The highest BCUT2D eigenvalue weighted by atomic mass is 35.5. The Kier molecular flexibility index (Phi) is 5.29. The molecule has 2 aliphatic rings. The van der Waals surface area contributed by atoms with Gasteiger partial charge in [-0.2, -0.15) is 0 Å². The number of carbonyl (C=O) groups is 1. The molecule has 24 heavy (non-hydrogen) atoms. The van der Waals surface area contributed by atoms with E-state index in [-0.39, 0.29) is 5.91 Å². The van der Waals surface area contributed by atoms with Gasteiger partial charge in [-0.3, -0.25) is 9.79 Å². The normalized spacial score (nSPS) is 19.2. The third-order valence-corrected chi connectivity index (χ3v) is 5.51. The van der Waals surface area contributed by atoms with Crippen molar-refractivity contribution in [1.29, 1.82) is 0 Å². The number of nitrogens with one attached hydrogen (secondary N) is 2. The molecule has 130 valence electrons. The number of nitrogens with zero attached hydrogens (tertiary/aromatic N) is 2. The van der Waals surface area contributed by atoms with E-state index in [9.17, 15) is 4.79 Å². The van der Waals surface area contributed by atoms with Crippen LogP contribution in [0.15, 0.2) is 29.3 Å². The van der Waals surface area contributed by atoms with Gasteiger partial charge >= 0.3 is 0 Å². The molecule has 1 amide bonds. The summed E-state index contributed by atoms with van der Waals surface area (Å²) in [5.74, 6) is 0.790. The van der Waals surface area contributed by atoms with Gasteiger partial charge in [0.15, 0.2) is 5.96 Å². The predicted octanol–water partition coefficient (Wildman–Crippen LogP) is 2.52. The largest absolute Gasteiger partial charge is 0.354 e. The summed E-state index contributed by atoms with van der Waals surface area (Å²) >= 11 is 6.03. The molecule has 0 radical (unpaired) electrons. The molecule has 5 nitrogen and oxygen atoms in total. The Hall–Kier alpha value is -1.75. The van der Waals surface area contributed by atoms with Crippen LogP contribution in [0.2, 0.25) is 5.02 Å². The molecule has 6 heteroatoms. The van der Waals surface area contributed by atoms with Crippen molar-refractivity contribution in [3.63, 3.8) is 0 Å². The highest BCUT2D eigenvalue weighted by molar-refractivity contribution is 6.33. The summed E-state index contributed by atoms with van der Waals surface area (Å²) in [7, 11) is 1.82. The molecule has 0 unspecified atom stereocenters. The van der Waals surface area contributed by atoms with Crippen molar-refractivity contribution in [2.24, 2.45) is 10.4 Å². The maximum atomic E-state index is 12.1. The maximum absolute atomic E-state index is 12.1. The molecule has 1 saturated carbocycles. The van der Waals surface area contributed by atoms with Crippen molar-refractivity contribution in [2.75, 3.05) is 33.2 Å². The Bertz CT molecular complexity index is 627. The molecule has 1 aromatic rings. The van der Waals surface area contributed by atoms with E-state index >= 15 is 0 Å². The molecule has 1 aromatic carbocycles. The van der Waals surface area contributed by atoms with E-state index in [2.05, 4.69) is 20.5 Å². The average Bonchev–Trinajstić information content (AvgIpc) is 3.01. The lowest BCUT2D eigenvalue weighted by atomic mass is 9.68. The molecular weight excluding hydrogens is 324 g/mol. The lowest BCUT2D eigenvalue weighted by molar-refractivity contribution is 0.0954. The topological polar surface area (TPSA) is 56.7 Å². The summed E-state index contributed by atoms with van der Waals surface area (Å²) in [5, 5.41) is 6.71. The Labute approximate surface area is 148 Å². The monoisotopic (exact) mass is 348 g/mol. The number of guanidine groups is 1. The second kappa shape index (κ2) is 7.43. The second-order valence-electron chi connectivity index (χ2n) is 6.73. The number of hydrogen-bond acceptors (Lipinski definition) is 2. The number of rotatable bonds is 4. The molecule has 3 rings (SSSR count). The SMILES string of the molecule is CN=C(NCCNC(=O)c1ccccc1Cl)N1CCC2(CCC2)C1. The number of carbonyl (C=O) groups excluding carboxylic acids is 1. The summed E-state index contributed by atoms with van der Waals surface area (Å²) in [6, 6.07) is 7.08. The van der Waals surface area contributed by atoms with E-state index in [1.807, 2.05) is 19.2 Å². The van der Waals surface area contributed by atoms with Crippen LogP contribution in [0.1, 0.15) is 36.0 Å². The zero-order valence-electron chi connectivity index (χ0n) is 14.1. The molecule has 1 aliphatic carbocycles. The van der Waals surface area contributed by atoms with E-state index in [0.29, 0.717) is 29.1 Å². The van der Waals surface area contributed by atoms with Crippen LogP contribution in [0.4, 0.5) is 0 Å². The number of aliphatic imine (C=N–C) groups is 1. The Morgan fingerprint density at radius 2 is 2.00 bits per heavy atom. The fraction of sp³-hybridized carbons (Fsp3) is 0.556. The first-order valence-electron chi connectivity index (χ1n) is 8.62. The van der Waals surface area contributed by atoms with Gasteiger partial charge < -0.3 is 15.5 Å². The van der Waals surface area contributed by atoms with E-state index in [4.69, 9.17) is 11.6 Å². The zero-order chi connectivity index (χ0) is 17.0. The van der Waals surface area contributed by atoms with Crippen LogP contribution in [-0.2, 0) is 0 Å². The molecule has 1 aliphatic heterocycles. The predicted molar refractivity (Wildman–Crippen MR) is 97.6 cm³/mol. The van der Waals surface area contributed by atoms with E-state index < -0.39 is 0 Å². The summed E-state index contributed by atoms with van der Waals surface area (Å²) in [6.45, 7) is 3.36. The van der Waals surface area contributed by atoms with Gasteiger partial charge in [-0.15, -0.1) is 0 Å². The highest BCUT2D eigenvalue weighted by Gasteiger charge is 2.43. The second-order valence-corrected chi connectivity index (χ2v) is 7.14. The quantitative estimate of drug-likeness (QED) is 0.499.